The number of anilines is 2. The van der Waals surface area contributed by atoms with Crippen LogP contribution in [0.3, 0.4) is 0 Å². The fourth-order valence-electron chi connectivity index (χ4n) is 3.78. The van der Waals surface area contributed by atoms with Crippen LogP contribution in [-0.2, 0) is 7.05 Å². The Morgan fingerprint density at radius 2 is 1.97 bits per heavy atom. The second-order valence-corrected chi connectivity index (χ2v) is 8.77. The topological polar surface area (TPSA) is 102 Å². The van der Waals surface area contributed by atoms with Gasteiger partial charge in [-0.15, -0.1) is 0 Å². The third kappa shape index (κ3) is 7.90. The van der Waals surface area contributed by atoms with E-state index in [0.29, 0.717) is 48.7 Å². The van der Waals surface area contributed by atoms with Crippen LogP contribution in [0.25, 0.3) is 17.0 Å². The van der Waals surface area contributed by atoms with Crippen molar-refractivity contribution >= 4 is 17.2 Å². The first-order chi connectivity index (χ1) is 19.0. The maximum absolute atomic E-state index is 6.25. The minimum atomic E-state index is 0.463. The van der Waals surface area contributed by atoms with Crippen LogP contribution in [0.4, 0.5) is 11.6 Å². The van der Waals surface area contributed by atoms with Gasteiger partial charge in [-0.05, 0) is 44.8 Å². The highest BCUT2D eigenvalue weighted by atomic mass is 16.5. The van der Waals surface area contributed by atoms with Crippen LogP contribution >= 0.6 is 0 Å². The van der Waals surface area contributed by atoms with Crippen LogP contribution in [0, 0.1) is 0 Å². The molecule has 0 aliphatic carbocycles. The quantitative estimate of drug-likeness (QED) is 0.414. The second kappa shape index (κ2) is 14.7. The van der Waals surface area contributed by atoms with Gasteiger partial charge in [0.05, 0.1) is 19.4 Å². The number of allylic oxidation sites excluding steroid dienone is 4. The lowest BCUT2D eigenvalue weighted by atomic mass is 10.0. The molecule has 4 heterocycles. The van der Waals surface area contributed by atoms with Gasteiger partial charge >= 0.3 is 0 Å². The van der Waals surface area contributed by atoms with Crippen LogP contribution in [0.1, 0.15) is 32.8 Å². The van der Waals surface area contributed by atoms with E-state index in [9.17, 15) is 0 Å². The monoisotopic (exact) mass is 532 g/mol. The summed E-state index contributed by atoms with van der Waals surface area (Å²) in [5.41, 5.74) is 3.52. The highest BCUT2D eigenvalue weighted by molar-refractivity contribution is 5.79. The number of rotatable bonds is 7. The van der Waals surface area contributed by atoms with Gasteiger partial charge in [0, 0.05) is 56.3 Å². The first-order valence-corrected chi connectivity index (χ1v) is 13.3. The third-order valence-corrected chi connectivity index (χ3v) is 5.73. The summed E-state index contributed by atoms with van der Waals surface area (Å²) in [6.45, 7) is 12.6. The molecule has 0 amide bonds. The van der Waals surface area contributed by atoms with Crippen LogP contribution < -0.4 is 20.1 Å². The van der Waals surface area contributed by atoms with E-state index in [2.05, 4.69) is 48.2 Å². The highest BCUT2D eigenvalue weighted by Gasteiger charge is 2.17. The molecule has 10 nitrogen and oxygen atoms in total. The summed E-state index contributed by atoms with van der Waals surface area (Å²) in [6, 6.07) is 3.68. The number of ether oxygens (including phenoxy) is 2. The van der Waals surface area contributed by atoms with E-state index in [1.807, 2.05) is 66.3 Å². The number of fused-ring (bicyclic) bond motifs is 6. The Hall–Kier alpha value is -4.18. The molecule has 0 saturated heterocycles. The normalized spacial score (nSPS) is 13.5. The van der Waals surface area contributed by atoms with Crippen LogP contribution in [0.5, 0.6) is 11.6 Å². The minimum absolute atomic E-state index is 0.463. The summed E-state index contributed by atoms with van der Waals surface area (Å²) in [7, 11) is 5.93. The number of hydrogen-bond acceptors (Lipinski definition) is 9. The highest BCUT2D eigenvalue weighted by Crippen LogP contribution is 2.32. The molecule has 0 aromatic carbocycles. The van der Waals surface area contributed by atoms with Crippen molar-refractivity contribution in [1.82, 2.24) is 34.9 Å². The lowest BCUT2D eigenvalue weighted by Gasteiger charge is -2.17. The van der Waals surface area contributed by atoms with E-state index in [1.165, 1.54) is 0 Å². The van der Waals surface area contributed by atoms with Gasteiger partial charge in [0.25, 0.3) is 0 Å². The standard InChI is InChI=1S/C27H34N8O2.C2H6/c1-6-19(15-20(7-2)28-11-12-34(3)4)21-17-30-25-16-23(21)36-13-8-14-37-27-22(18-31-35(27)5)26-29-10-9-24(32-25)33-26;1-2/h6-7,9-10,15-18,28H,2,8,11-14H2,1,3-5H3,(H,29,30,32,33);1-2H3/b19-6+,20-15+;. The molecular formula is C29H40N8O2. The number of pyridine rings is 1. The Morgan fingerprint density at radius 3 is 2.72 bits per heavy atom. The number of aromatic nitrogens is 5. The van der Waals surface area contributed by atoms with Crippen LogP contribution in [0.2, 0.25) is 0 Å². The molecule has 1 aliphatic rings. The Balaban J connectivity index is 0.00000205. The van der Waals surface area contributed by atoms with Gasteiger partial charge in [0.2, 0.25) is 5.88 Å². The molecule has 3 aromatic heterocycles. The molecule has 39 heavy (non-hydrogen) atoms. The Labute approximate surface area is 231 Å². The maximum Gasteiger partial charge on any atom is 0.222 e. The van der Waals surface area contributed by atoms with Crippen molar-refractivity contribution in [3.63, 3.8) is 0 Å². The summed E-state index contributed by atoms with van der Waals surface area (Å²) in [5, 5.41) is 11.0. The average molecular weight is 533 g/mol. The number of hydrogen-bond donors (Lipinski definition) is 2. The molecule has 0 fully saturated rings. The minimum Gasteiger partial charge on any atom is -0.493 e. The first-order valence-electron chi connectivity index (χ1n) is 13.3. The van der Waals surface area contributed by atoms with E-state index in [0.717, 1.165) is 35.5 Å². The van der Waals surface area contributed by atoms with E-state index in [-0.39, 0.29) is 0 Å². The second-order valence-electron chi connectivity index (χ2n) is 8.77. The largest absolute Gasteiger partial charge is 0.493 e. The SMILES string of the molecule is C=C/C(=C\C(=C/C)c1cnc2cc1OCCCOc1c(cnn1C)-c1nccc(n1)N2)NCCN(C)C.CC. The van der Waals surface area contributed by atoms with Crippen molar-refractivity contribution < 1.29 is 9.47 Å². The summed E-state index contributed by atoms with van der Waals surface area (Å²) in [4.78, 5) is 15.9. The summed E-state index contributed by atoms with van der Waals surface area (Å²) < 4.78 is 14.0. The van der Waals surface area contributed by atoms with Crippen molar-refractivity contribution in [2.75, 3.05) is 45.7 Å². The number of nitrogens with zero attached hydrogens (tertiary/aromatic N) is 6. The molecule has 1 aliphatic heterocycles. The van der Waals surface area contributed by atoms with Crippen LogP contribution in [-0.4, -0.2) is 70.0 Å². The molecule has 2 N–H and O–H groups in total. The zero-order valence-corrected chi connectivity index (χ0v) is 23.9. The van der Waals surface area contributed by atoms with Crippen molar-refractivity contribution in [3.8, 4) is 23.0 Å². The molecular weight excluding hydrogens is 492 g/mol. The number of likely N-dealkylation sites (N-methyl/N-ethyl adjacent to an activating group) is 1. The van der Waals surface area contributed by atoms with Gasteiger partial charge < -0.3 is 25.0 Å². The molecule has 0 spiro atoms. The van der Waals surface area contributed by atoms with E-state index in [1.54, 1.807) is 23.1 Å². The zero-order valence-electron chi connectivity index (χ0n) is 23.9. The molecule has 0 radical (unpaired) electrons. The molecule has 208 valence electrons. The van der Waals surface area contributed by atoms with Gasteiger partial charge in [-0.3, -0.25) is 0 Å². The average Bonchev–Trinajstić information content (AvgIpc) is 3.31. The first kappa shape index (κ1) is 29.4. The fraction of sp³-hybridized carbons (Fsp3) is 0.379. The summed E-state index contributed by atoms with van der Waals surface area (Å²) in [5.74, 6) is 3.08. The molecule has 0 unspecified atom stereocenters. The van der Waals surface area contributed by atoms with Gasteiger partial charge in [0.15, 0.2) is 5.82 Å². The smallest absolute Gasteiger partial charge is 0.222 e. The lowest BCUT2D eigenvalue weighted by molar-refractivity contribution is 0.236. The molecule has 4 bridgehead atoms. The van der Waals surface area contributed by atoms with Gasteiger partial charge in [-0.1, -0.05) is 26.5 Å². The predicted molar refractivity (Wildman–Crippen MR) is 157 cm³/mol. The third-order valence-electron chi connectivity index (χ3n) is 5.73. The molecule has 4 rings (SSSR count). The molecule has 10 heteroatoms. The van der Waals surface area contributed by atoms with E-state index in [4.69, 9.17) is 9.47 Å². The van der Waals surface area contributed by atoms with Gasteiger partial charge in [-0.2, -0.15) is 5.10 Å². The van der Waals surface area contributed by atoms with Gasteiger partial charge in [-0.25, -0.2) is 19.6 Å². The van der Waals surface area contributed by atoms with E-state index >= 15 is 0 Å². The molecule has 3 aromatic rings. The van der Waals surface area contributed by atoms with Crippen molar-refractivity contribution in [2.24, 2.45) is 7.05 Å². The number of nitrogens with one attached hydrogen (secondary N) is 2. The van der Waals surface area contributed by atoms with E-state index < -0.39 is 0 Å². The zero-order chi connectivity index (χ0) is 28.2. The maximum atomic E-state index is 6.25. The Morgan fingerprint density at radius 1 is 1.18 bits per heavy atom. The Bertz CT molecular complexity index is 1300. The summed E-state index contributed by atoms with van der Waals surface area (Å²) in [6.07, 6.45) is 11.8. The lowest BCUT2D eigenvalue weighted by Crippen LogP contribution is -2.25. The predicted octanol–water partition coefficient (Wildman–Crippen LogP) is 4.83. The molecule has 0 saturated carbocycles. The molecule has 0 atom stereocenters. The van der Waals surface area contributed by atoms with Crippen molar-refractivity contribution in [1.29, 1.82) is 0 Å². The summed E-state index contributed by atoms with van der Waals surface area (Å²) >= 11 is 0. The Kier molecular flexibility index (Phi) is 11.1. The van der Waals surface area contributed by atoms with Crippen molar-refractivity contribution in [3.05, 3.63) is 66.8 Å². The van der Waals surface area contributed by atoms with Gasteiger partial charge in [0.1, 0.15) is 22.9 Å². The fourth-order valence-corrected chi connectivity index (χ4v) is 3.78. The number of aryl methyl sites for hydroxylation is 1. The van der Waals surface area contributed by atoms with Crippen LogP contribution in [0.15, 0.2) is 61.2 Å². The van der Waals surface area contributed by atoms with Crippen molar-refractivity contribution in [2.45, 2.75) is 27.2 Å².